The maximum Gasteiger partial charge on any atom is 0.223 e. The third-order valence-electron chi connectivity index (χ3n) is 5.78. The van der Waals surface area contributed by atoms with Crippen LogP contribution >= 0.6 is 11.6 Å². The highest BCUT2D eigenvalue weighted by molar-refractivity contribution is 6.32. The van der Waals surface area contributed by atoms with E-state index < -0.39 is 0 Å². The average molecular weight is 441 g/mol. The van der Waals surface area contributed by atoms with Crippen molar-refractivity contribution < 1.29 is 19.0 Å². The van der Waals surface area contributed by atoms with Gasteiger partial charge in [-0.1, -0.05) is 11.6 Å². The van der Waals surface area contributed by atoms with E-state index in [0.29, 0.717) is 46.7 Å². The van der Waals surface area contributed by atoms with Crippen molar-refractivity contribution in [2.24, 2.45) is 5.92 Å². The zero-order valence-corrected chi connectivity index (χ0v) is 18.6. The van der Waals surface area contributed by atoms with Crippen molar-refractivity contribution in [3.05, 3.63) is 41.6 Å². The summed E-state index contributed by atoms with van der Waals surface area (Å²) in [5.74, 6) is 1.98. The number of fused-ring (bicyclic) bond motifs is 1. The number of ether oxygens (including phenoxy) is 3. The van der Waals surface area contributed by atoms with Gasteiger partial charge >= 0.3 is 0 Å². The number of Topliss-reactive ketones (excluding diaryl/α,β-unsaturated/α-hetero) is 1. The van der Waals surface area contributed by atoms with Gasteiger partial charge in [0.2, 0.25) is 5.88 Å². The van der Waals surface area contributed by atoms with Crippen molar-refractivity contribution >= 4 is 28.3 Å². The largest absolute Gasteiger partial charge is 0.493 e. The zero-order valence-electron chi connectivity index (χ0n) is 17.9. The van der Waals surface area contributed by atoms with Crippen molar-refractivity contribution in [2.45, 2.75) is 38.7 Å². The zero-order chi connectivity index (χ0) is 22.0. The second-order valence-electron chi connectivity index (χ2n) is 7.79. The molecule has 1 aliphatic carbocycles. The molecule has 3 aromatic rings. The molecule has 0 unspecified atom stereocenters. The Bertz CT molecular complexity index is 1120. The van der Waals surface area contributed by atoms with Crippen LogP contribution in [0.2, 0.25) is 5.02 Å². The number of pyridine rings is 2. The van der Waals surface area contributed by atoms with E-state index in [-0.39, 0.29) is 12.0 Å². The fourth-order valence-electron chi connectivity index (χ4n) is 4.08. The van der Waals surface area contributed by atoms with Crippen LogP contribution in [0.15, 0.2) is 36.5 Å². The van der Waals surface area contributed by atoms with Gasteiger partial charge < -0.3 is 14.2 Å². The van der Waals surface area contributed by atoms with Crippen LogP contribution < -0.4 is 14.2 Å². The number of carbonyl (C=O) groups is 1. The SMILES string of the molecule is COc1cc(-c2cc3ncccc3c(O[C@H](C)[C@H]3CCCC(=O)C3)n2)cc(Cl)c1OC. The first kappa shape index (κ1) is 21.4. The molecule has 1 aliphatic rings. The Morgan fingerprint density at radius 2 is 2.03 bits per heavy atom. The molecule has 1 aromatic carbocycles. The second kappa shape index (κ2) is 9.10. The topological polar surface area (TPSA) is 70.5 Å². The van der Waals surface area contributed by atoms with Crippen LogP contribution in [0.1, 0.15) is 32.6 Å². The van der Waals surface area contributed by atoms with Crippen molar-refractivity contribution in [3.8, 4) is 28.6 Å². The molecular formula is C24H25ClN2O4. The van der Waals surface area contributed by atoms with E-state index in [2.05, 4.69) is 4.98 Å². The molecule has 0 spiro atoms. The Hall–Kier alpha value is -2.86. The van der Waals surface area contributed by atoms with Crippen LogP contribution in [0.25, 0.3) is 22.2 Å². The molecular weight excluding hydrogens is 416 g/mol. The number of rotatable bonds is 6. The maximum atomic E-state index is 11.9. The van der Waals surface area contributed by atoms with E-state index in [4.69, 9.17) is 30.8 Å². The summed E-state index contributed by atoms with van der Waals surface area (Å²) in [4.78, 5) is 21.2. The molecule has 2 heterocycles. The Balaban J connectivity index is 1.75. The number of halogens is 1. The monoisotopic (exact) mass is 440 g/mol. The predicted octanol–water partition coefficient (Wildman–Crippen LogP) is 5.49. The van der Waals surface area contributed by atoms with Crippen molar-refractivity contribution in [3.63, 3.8) is 0 Å². The summed E-state index contributed by atoms with van der Waals surface area (Å²) >= 11 is 6.41. The number of hydrogen-bond acceptors (Lipinski definition) is 6. The summed E-state index contributed by atoms with van der Waals surface area (Å²) in [6.07, 6.45) is 4.72. The van der Waals surface area contributed by atoms with Gasteiger partial charge in [-0.2, -0.15) is 0 Å². The molecule has 162 valence electrons. The number of benzene rings is 1. The van der Waals surface area contributed by atoms with Gasteiger partial charge in [-0.3, -0.25) is 9.78 Å². The van der Waals surface area contributed by atoms with Gasteiger partial charge in [-0.25, -0.2) is 4.98 Å². The number of nitrogens with zero attached hydrogens (tertiary/aromatic N) is 2. The normalized spacial score (nSPS) is 17.4. The van der Waals surface area contributed by atoms with E-state index in [1.165, 1.54) is 0 Å². The molecule has 2 aromatic heterocycles. The number of hydrogen-bond donors (Lipinski definition) is 0. The average Bonchev–Trinajstić information content (AvgIpc) is 2.78. The van der Waals surface area contributed by atoms with Crippen LogP contribution in [-0.2, 0) is 4.79 Å². The fourth-order valence-corrected chi connectivity index (χ4v) is 4.37. The third kappa shape index (κ3) is 4.44. The van der Waals surface area contributed by atoms with Gasteiger partial charge in [0.25, 0.3) is 0 Å². The van der Waals surface area contributed by atoms with Gasteiger partial charge in [0.05, 0.1) is 35.8 Å². The van der Waals surface area contributed by atoms with Gasteiger partial charge in [-0.05, 0) is 50.1 Å². The summed E-state index contributed by atoms with van der Waals surface area (Å²) in [5.41, 5.74) is 2.19. The van der Waals surface area contributed by atoms with Gasteiger partial charge in [-0.15, -0.1) is 0 Å². The molecule has 2 atom stereocenters. The Morgan fingerprint density at radius 3 is 2.77 bits per heavy atom. The Morgan fingerprint density at radius 1 is 1.19 bits per heavy atom. The van der Waals surface area contributed by atoms with Gasteiger partial charge in [0.15, 0.2) is 11.5 Å². The van der Waals surface area contributed by atoms with Crippen LogP contribution in [0.5, 0.6) is 17.4 Å². The van der Waals surface area contributed by atoms with Crippen LogP contribution in [-0.4, -0.2) is 36.1 Å². The maximum absolute atomic E-state index is 11.9. The highest BCUT2D eigenvalue weighted by atomic mass is 35.5. The standard InChI is InChI=1S/C24H25ClN2O4/c1-14(15-6-4-7-17(28)10-15)31-24-18-8-5-9-26-21(18)13-20(27-24)16-11-19(25)23(30-3)22(12-16)29-2/h5,8-9,11-15H,4,6-7,10H2,1-3H3/t14-,15+/m1/s1. The van der Waals surface area contributed by atoms with E-state index in [0.717, 1.165) is 29.3 Å². The van der Waals surface area contributed by atoms with Gasteiger partial charge in [0, 0.05) is 30.5 Å². The molecule has 31 heavy (non-hydrogen) atoms. The molecule has 0 N–H and O–H groups in total. The quantitative estimate of drug-likeness (QED) is 0.504. The van der Waals surface area contributed by atoms with E-state index >= 15 is 0 Å². The first-order valence-electron chi connectivity index (χ1n) is 10.4. The first-order chi connectivity index (χ1) is 15.0. The lowest BCUT2D eigenvalue weighted by molar-refractivity contribution is -0.122. The minimum Gasteiger partial charge on any atom is -0.493 e. The molecule has 7 heteroatoms. The lowest BCUT2D eigenvalue weighted by Crippen LogP contribution is -2.29. The molecule has 0 amide bonds. The third-order valence-corrected chi connectivity index (χ3v) is 6.06. The molecule has 0 radical (unpaired) electrons. The second-order valence-corrected chi connectivity index (χ2v) is 8.20. The predicted molar refractivity (Wildman–Crippen MR) is 120 cm³/mol. The minimum absolute atomic E-state index is 0.135. The summed E-state index contributed by atoms with van der Waals surface area (Å²) in [7, 11) is 3.11. The molecule has 0 saturated heterocycles. The van der Waals surface area contributed by atoms with Crippen LogP contribution in [0, 0.1) is 5.92 Å². The number of aromatic nitrogens is 2. The minimum atomic E-state index is -0.135. The summed E-state index contributed by atoms with van der Waals surface area (Å²) < 4.78 is 17.1. The number of ketones is 1. The molecule has 6 nitrogen and oxygen atoms in total. The van der Waals surface area contributed by atoms with Crippen LogP contribution in [0.3, 0.4) is 0 Å². The van der Waals surface area contributed by atoms with E-state index in [1.54, 1.807) is 26.5 Å². The fraction of sp³-hybridized carbons (Fsp3) is 0.375. The first-order valence-corrected chi connectivity index (χ1v) is 10.7. The smallest absolute Gasteiger partial charge is 0.223 e. The van der Waals surface area contributed by atoms with Crippen molar-refractivity contribution in [2.75, 3.05) is 14.2 Å². The number of methoxy groups -OCH3 is 2. The molecule has 1 saturated carbocycles. The molecule has 4 rings (SSSR count). The summed E-state index contributed by atoms with van der Waals surface area (Å²) in [5, 5.41) is 1.25. The lowest BCUT2D eigenvalue weighted by atomic mass is 9.85. The van der Waals surface area contributed by atoms with Crippen molar-refractivity contribution in [1.82, 2.24) is 9.97 Å². The highest BCUT2D eigenvalue weighted by Gasteiger charge is 2.27. The summed E-state index contributed by atoms with van der Waals surface area (Å²) in [6, 6.07) is 9.31. The Labute approximate surface area is 186 Å². The molecule has 1 fully saturated rings. The van der Waals surface area contributed by atoms with Gasteiger partial charge in [0.1, 0.15) is 11.9 Å². The van der Waals surface area contributed by atoms with E-state index in [1.807, 2.05) is 31.2 Å². The van der Waals surface area contributed by atoms with Crippen LogP contribution in [0.4, 0.5) is 0 Å². The van der Waals surface area contributed by atoms with E-state index in [9.17, 15) is 4.79 Å². The Kier molecular flexibility index (Phi) is 6.28. The highest BCUT2D eigenvalue weighted by Crippen LogP contribution is 2.40. The summed E-state index contributed by atoms with van der Waals surface area (Å²) in [6.45, 7) is 2.01. The number of carbonyl (C=O) groups excluding carboxylic acids is 1. The van der Waals surface area contributed by atoms with Crippen molar-refractivity contribution in [1.29, 1.82) is 0 Å². The molecule has 0 bridgehead atoms. The molecule has 0 aliphatic heterocycles. The lowest BCUT2D eigenvalue weighted by Gasteiger charge is -2.27.